The number of benzene rings is 1. The normalized spacial score (nSPS) is 15.9. The lowest BCUT2D eigenvalue weighted by Gasteiger charge is -2.19. The summed E-state index contributed by atoms with van der Waals surface area (Å²) >= 11 is 0. The van der Waals surface area contributed by atoms with E-state index in [1.807, 2.05) is 12.1 Å². The van der Waals surface area contributed by atoms with Crippen LogP contribution in [0.4, 0.5) is 16.2 Å². The fraction of sp³-hybridized carbons (Fsp3) is 0.462. The number of nitrogens with zero attached hydrogens (tertiary/aromatic N) is 2. The number of nitrogens with two attached hydrogens (primary N) is 1. The molecule has 1 aromatic carbocycles. The van der Waals surface area contributed by atoms with Gasteiger partial charge in [0, 0.05) is 25.4 Å². The Morgan fingerprint density at radius 1 is 1.25 bits per heavy atom. The molecule has 0 bridgehead atoms. The second-order valence-electron chi connectivity index (χ2n) is 4.72. The van der Waals surface area contributed by atoms with Crippen LogP contribution in [0.3, 0.4) is 0 Å². The third-order valence-corrected chi connectivity index (χ3v) is 5.12. The molecule has 0 aliphatic carbocycles. The number of sulfone groups is 1. The predicted molar refractivity (Wildman–Crippen MR) is 79.5 cm³/mol. The summed E-state index contributed by atoms with van der Waals surface area (Å²) in [4.78, 5) is 15.4. The maximum atomic E-state index is 12.3. The zero-order valence-electron chi connectivity index (χ0n) is 11.4. The molecule has 20 heavy (non-hydrogen) atoms. The second kappa shape index (κ2) is 5.70. The summed E-state index contributed by atoms with van der Waals surface area (Å²) in [5, 5.41) is 0. The molecule has 1 saturated heterocycles. The molecule has 1 heterocycles. The average molecular weight is 297 g/mol. The Morgan fingerprint density at radius 3 is 2.60 bits per heavy atom. The molecule has 2 rings (SSSR count). The van der Waals surface area contributed by atoms with Crippen LogP contribution in [0, 0.1) is 0 Å². The summed E-state index contributed by atoms with van der Waals surface area (Å²) in [6.45, 7) is 2.89. The van der Waals surface area contributed by atoms with Gasteiger partial charge in [0.05, 0.1) is 17.1 Å². The van der Waals surface area contributed by atoms with E-state index >= 15 is 0 Å². The number of carbonyl (C=O) groups excluding carboxylic acids is 1. The van der Waals surface area contributed by atoms with Gasteiger partial charge in [0.25, 0.3) is 0 Å². The minimum absolute atomic E-state index is 0.00729. The lowest BCUT2D eigenvalue weighted by Crippen LogP contribution is -2.35. The van der Waals surface area contributed by atoms with Crippen LogP contribution in [-0.2, 0) is 9.84 Å². The molecule has 0 spiro atoms. The molecule has 1 aromatic rings. The first-order valence-electron chi connectivity index (χ1n) is 6.56. The van der Waals surface area contributed by atoms with Gasteiger partial charge in [0.15, 0.2) is 9.84 Å². The highest BCUT2D eigenvalue weighted by atomic mass is 32.2. The van der Waals surface area contributed by atoms with Crippen molar-refractivity contribution in [1.82, 2.24) is 4.90 Å². The minimum Gasteiger partial charge on any atom is -0.397 e. The Kier molecular flexibility index (Phi) is 4.17. The predicted octanol–water partition coefficient (Wildman–Crippen LogP) is 0.946. The van der Waals surface area contributed by atoms with E-state index in [0.29, 0.717) is 24.5 Å². The van der Waals surface area contributed by atoms with Gasteiger partial charge < -0.3 is 10.6 Å². The highest BCUT2D eigenvalue weighted by Crippen LogP contribution is 2.26. The molecule has 2 N–H and O–H groups in total. The zero-order chi connectivity index (χ0) is 14.8. The van der Waals surface area contributed by atoms with Gasteiger partial charge in [-0.1, -0.05) is 19.1 Å². The first-order chi connectivity index (χ1) is 9.44. The molecule has 0 radical (unpaired) electrons. The van der Waals surface area contributed by atoms with Crippen molar-refractivity contribution in [2.24, 2.45) is 0 Å². The van der Waals surface area contributed by atoms with Crippen LogP contribution in [0.15, 0.2) is 24.3 Å². The van der Waals surface area contributed by atoms with Crippen molar-refractivity contribution in [1.29, 1.82) is 0 Å². The summed E-state index contributed by atoms with van der Waals surface area (Å²) in [6, 6.07) is 6.98. The number of urea groups is 1. The Labute approximate surface area is 119 Å². The van der Waals surface area contributed by atoms with Gasteiger partial charge in [-0.2, -0.15) is 0 Å². The standard InChI is InChI=1S/C13H19N3O3S/c1-2-20(18,19)10-9-15-7-8-16(13(15)17)12-6-4-3-5-11(12)14/h3-6H,2,7-10,14H2,1H3. The van der Waals surface area contributed by atoms with E-state index < -0.39 is 9.84 Å². The molecule has 1 aliphatic rings. The SMILES string of the molecule is CCS(=O)(=O)CCN1CCN(c2ccccc2N)C1=O. The number of hydrogen-bond donors (Lipinski definition) is 1. The Morgan fingerprint density at radius 2 is 1.95 bits per heavy atom. The number of hydrogen-bond acceptors (Lipinski definition) is 4. The largest absolute Gasteiger partial charge is 0.397 e. The van der Waals surface area contributed by atoms with Crippen LogP contribution in [0.1, 0.15) is 6.92 Å². The molecule has 6 nitrogen and oxygen atoms in total. The van der Waals surface area contributed by atoms with Gasteiger partial charge in [-0.15, -0.1) is 0 Å². The van der Waals surface area contributed by atoms with Gasteiger partial charge in [-0.25, -0.2) is 13.2 Å². The smallest absolute Gasteiger partial charge is 0.324 e. The quantitative estimate of drug-likeness (QED) is 0.820. The second-order valence-corrected chi connectivity index (χ2v) is 7.19. The lowest BCUT2D eigenvalue weighted by atomic mass is 10.2. The van der Waals surface area contributed by atoms with Crippen LogP contribution < -0.4 is 10.6 Å². The molecular formula is C13H19N3O3S. The van der Waals surface area contributed by atoms with Crippen molar-refractivity contribution in [2.75, 3.05) is 41.8 Å². The van der Waals surface area contributed by atoms with Crippen LogP contribution in [0.25, 0.3) is 0 Å². The van der Waals surface area contributed by atoms with E-state index in [4.69, 9.17) is 5.73 Å². The fourth-order valence-corrected chi connectivity index (χ4v) is 2.93. The summed E-state index contributed by atoms with van der Waals surface area (Å²) < 4.78 is 23.0. The Hall–Kier alpha value is -1.76. The summed E-state index contributed by atoms with van der Waals surface area (Å²) in [5.41, 5.74) is 7.09. The molecule has 0 aromatic heterocycles. The number of nitrogen functional groups attached to an aromatic ring is 1. The zero-order valence-corrected chi connectivity index (χ0v) is 12.3. The maximum absolute atomic E-state index is 12.3. The average Bonchev–Trinajstić information content (AvgIpc) is 2.79. The molecule has 0 atom stereocenters. The van der Waals surface area contributed by atoms with E-state index in [1.165, 1.54) is 0 Å². The van der Waals surface area contributed by atoms with Gasteiger partial charge in [-0.05, 0) is 12.1 Å². The third-order valence-electron chi connectivity index (χ3n) is 3.43. The van der Waals surface area contributed by atoms with Crippen molar-refractivity contribution in [2.45, 2.75) is 6.92 Å². The monoisotopic (exact) mass is 297 g/mol. The van der Waals surface area contributed by atoms with Gasteiger partial charge in [0.2, 0.25) is 0 Å². The van der Waals surface area contributed by atoms with E-state index in [2.05, 4.69) is 0 Å². The van der Waals surface area contributed by atoms with Crippen molar-refractivity contribution in [3.8, 4) is 0 Å². The molecule has 1 fully saturated rings. The van der Waals surface area contributed by atoms with Crippen molar-refractivity contribution < 1.29 is 13.2 Å². The third kappa shape index (κ3) is 3.04. The topological polar surface area (TPSA) is 83.7 Å². The Balaban J connectivity index is 2.05. The van der Waals surface area contributed by atoms with Gasteiger partial charge in [0.1, 0.15) is 0 Å². The van der Waals surface area contributed by atoms with E-state index in [0.717, 1.165) is 0 Å². The number of amides is 2. The van der Waals surface area contributed by atoms with E-state index in [1.54, 1.807) is 28.9 Å². The highest BCUT2D eigenvalue weighted by molar-refractivity contribution is 7.91. The van der Waals surface area contributed by atoms with Crippen LogP contribution in [0.5, 0.6) is 0 Å². The number of rotatable bonds is 5. The van der Waals surface area contributed by atoms with Crippen molar-refractivity contribution >= 4 is 27.2 Å². The number of para-hydroxylation sites is 2. The summed E-state index contributed by atoms with van der Waals surface area (Å²) in [7, 11) is -3.06. The summed E-state index contributed by atoms with van der Waals surface area (Å²) in [5.74, 6) is 0.109. The summed E-state index contributed by atoms with van der Waals surface area (Å²) in [6.07, 6.45) is 0. The minimum atomic E-state index is -3.06. The van der Waals surface area contributed by atoms with Crippen LogP contribution in [0.2, 0.25) is 0 Å². The highest BCUT2D eigenvalue weighted by Gasteiger charge is 2.30. The van der Waals surface area contributed by atoms with Gasteiger partial charge >= 0.3 is 6.03 Å². The number of carbonyl (C=O) groups is 1. The molecule has 7 heteroatoms. The maximum Gasteiger partial charge on any atom is 0.324 e. The van der Waals surface area contributed by atoms with Crippen molar-refractivity contribution in [3.63, 3.8) is 0 Å². The molecule has 0 unspecified atom stereocenters. The number of anilines is 2. The van der Waals surface area contributed by atoms with E-state index in [-0.39, 0.29) is 24.1 Å². The fourth-order valence-electron chi connectivity index (χ4n) is 2.14. The lowest BCUT2D eigenvalue weighted by molar-refractivity contribution is 0.223. The molecular weight excluding hydrogens is 278 g/mol. The Bertz CT molecular complexity index is 601. The van der Waals surface area contributed by atoms with Crippen LogP contribution in [-0.4, -0.2) is 50.5 Å². The molecule has 110 valence electrons. The van der Waals surface area contributed by atoms with Crippen molar-refractivity contribution in [3.05, 3.63) is 24.3 Å². The van der Waals surface area contributed by atoms with E-state index in [9.17, 15) is 13.2 Å². The van der Waals surface area contributed by atoms with Gasteiger partial charge in [-0.3, -0.25) is 4.90 Å². The van der Waals surface area contributed by atoms with Crippen LogP contribution >= 0.6 is 0 Å². The molecule has 0 saturated carbocycles. The first-order valence-corrected chi connectivity index (χ1v) is 8.38. The molecule has 2 amide bonds. The first kappa shape index (κ1) is 14.6. The molecule has 1 aliphatic heterocycles.